The van der Waals surface area contributed by atoms with Gasteiger partial charge in [0.1, 0.15) is 0 Å². The summed E-state index contributed by atoms with van der Waals surface area (Å²) < 4.78 is 0. The number of hydrogen-bond donors (Lipinski definition) is 2. The number of rotatable bonds is 4. The van der Waals surface area contributed by atoms with E-state index < -0.39 is 0 Å². The molecular formula is C20H36N4O2. The monoisotopic (exact) mass is 364 g/mol. The Labute approximate surface area is 158 Å². The lowest BCUT2D eigenvalue weighted by Crippen LogP contribution is -2.54. The highest BCUT2D eigenvalue weighted by molar-refractivity contribution is 5.78. The van der Waals surface area contributed by atoms with Crippen LogP contribution < -0.4 is 10.6 Å². The quantitative estimate of drug-likeness (QED) is 0.804. The number of carbonyl (C=O) groups excluding carboxylic acids is 2. The van der Waals surface area contributed by atoms with Crippen LogP contribution in [0.15, 0.2) is 0 Å². The fourth-order valence-corrected chi connectivity index (χ4v) is 4.84. The summed E-state index contributed by atoms with van der Waals surface area (Å²) in [6, 6.07) is 0.314. The second-order valence-corrected chi connectivity index (χ2v) is 8.40. The van der Waals surface area contributed by atoms with Crippen LogP contribution in [0.5, 0.6) is 0 Å². The summed E-state index contributed by atoms with van der Waals surface area (Å²) in [6.45, 7) is 4.91. The highest BCUT2D eigenvalue weighted by Gasteiger charge is 2.29. The molecule has 1 heterocycles. The molecule has 0 atom stereocenters. The number of carbonyl (C=O) groups is 2. The average molecular weight is 365 g/mol. The van der Waals surface area contributed by atoms with Gasteiger partial charge in [-0.15, -0.1) is 0 Å². The van der Waals surface area contributed by atoms with Crippen molar-refractivity contribution < 1.29 is 9.59 Å². The van der Waals surface area contributed by atoms with E-state index in [0.717, 1.165) is 57.8 Å². The Morgan fingerprint density at radius 3 is 2.15 bits per heavy atom. The molecule has 3 amide bonds. The first-order valence-corrected chi connectivity index (χ1v) is 10.6. The molecule has 2 aliphatic carbocycles. The highest BCUT2D eigenvalue weighted by Crippen LogP contribution is 2.26. The molecule has 3 aliphatic rings. The van der Waals surface area contributed by atoms with E-state index >= 15 is 0 Å². The lowest BCUT2D eigenvalue weighted by Gasteiger charge is -2.38. The maximum absolute atomic E-state index is 12.6. The second-order valence-electron chi connectivity index (χ2n) is 8.40. The first kappa shape index (κ1) is 19.5. The third-order valence-electron chi connectivity index (χ3n) is 6.57. The smallest absolute Gasteiger partial charge is 0.317 e. The Morgan fingerprint density at radius 1 is 0.885 bits per heavy atom. The fourth-order valence-electron chi connectivity index (χ4n) is 4.84. The van der Waals surface area contributed by atoms with E-state index in [1.165, 1.54) is 38.6 Å². The summed E-state index contributed by atoms with van der Waals surface area (Å²) in [7, 11) is 1.70. The Morgan fingerprint density at radius 2 is 1.54 bits per heavy atom. The van der Waals surface area contributed by atoms with E-state index in [9.17, 15) is 9.59 Å². The normalized spacial score (nSPS) is 28.6. The Balaban J connectivity index is 1.34. The standard InChI is InChI=1S/C20H36N4O2/c1-21-19(25)17-7-9-18(10-8-17)22-20(26)24-13-11-23(12-14-24)15-16-5-3-2-4-6-16/h16-18H,2-15H2,1H3,(H,21,25)(H,22,26). The number of piperazine rings is 1. The molecule has 0 bridgehead atoms. The van der Waals surface area contributed by atoms with Gasteiger partial charge in [-0.05, 0) is 44.4 Å². The van der Waals surface area contributed by atoms with Gasteiger partial charge in [0.05, 0.1) is 0 Å². The number of hydrogen-bond acceptors (Lipinski definition) is 3. The predicted octanol–water partition coefficient (Wildman–Crippen LogP) is 2.20. The number of amides is 3. The molecule has 2 saturated carbocycles. The Kier molecular flexibility index (Phi) is 7.17. The molecule has 0 aromatic heterocycles. The molecule has 148 valence electrons. The van der Waals surface area contributed by atoms with Crippen molar-refractivity contribution in [2.24, 2.45) is 11.8 Å². The molecule has 2 N–H and O–H groups in total. The maximum atomic E-state index is 12.6. The molecule has 1 aliphatic heterocycles. The molecule has 0 radical (unpaired) electrons. The SMILES string of the molecule is CNC(=O)C1CCC(NC(=O)N2CCN(CC3CCCCC3)CC2)CC1. The number of urea groups is 1. The van der Waals surface area contributed by atoms with Gasteiger partial charge in [-0.2, -0.15) is 0 Å². The van der Waals surface area contributed by atoms with Crippen molar-refractivity contribution in [3.8, 4) is 0 Å². The third kappa shape index (κ3) is 5.35. The van der Waals surface area contributed by atoms with E-state index in [4.69, 9.17) is 0 Å². The van der Waals surface area contributed by atoms with Crippen molar-refractivity contribution in [1.29, 1.82) is 0 Å². The Bertz CT molecular complexity index is 462. The molecule has 0 aromatic rings. The zero-order chi connectivity index (χ0) is 18.4. The van der Waals surface area contributed by atoms with Gasteiger partial charge in [-0.25, -0.2) is 4.79 Å². The molecule has 6 heteroatoms. The summed E-state index contributed by atoms with van der Waals surface area (Å²) in [4.78, 5) is 28.8. The fraction of sp³-hybridized carbons (Fsp3) is 0.900. The highest BCUT2D eigenvalue weighted by atomic mass is 16.2. The van der Waals surface area contributed by atoms with Crippen molar-refractivity contribution in [2.45, 2.75) is 63.8 Å². The number of nitrogens with one attached hydrogen (secondary N) is 2. The predicted molar refractivity (Wildman–Crippen MR) is 103 cm³/mol. The van der Waals surface area contributed by atoms with Crippen LogP contribution in [0.25, 0.3) is 0 Å². The van der Waals surface area contributed by atoms with Crippen LogP contribution in [0.1, 0.15) is 57.8 Å². The molecule has 26 heavy (non-hydrogen) atoms. The van der Waals surface area contributed by atoms with Crippen LogP contribution in [0.2, 0.25) is 0 Å². The van der Waals surface area contributed by atoms with Gasteiger partial charge in [0.15, 0.2) is 0 Å². The van der Waals surface area contributed by atoms with Crippen LogP contribution >= 0.6 is 0 Å². The van der Waals surface area contributed by atoms with Crippen LogP contribution in [0, 0.1) is 11.8 Å². The number of nitrogens with zero attached hydrogens (tertiary/aromatic N) is 2. The molecule has 0 spiro atoms. The van der Waals surface area contributed by atoms with Crippen molar-refractivity contribution in [3.05, 3.63) is 0 Å². The zero-order valence-corrected chi connectivity index (χ0v) is 16.3. The van der Waals surface area contributed by atoms with Crippen molar-refractivity contribution in [2.75, 3.05) is 39.8 Å². The third-order valence-corrected chi connectivity index (χ3v) is 6.57. The van der Waals surface area contributed by atoms with E-state index in [0.29, 0.717) is 0 Å². The zero-order valence-electron chi connectivity index (χ0n) is 16.3. The van der Waals surface area contributed by atoms with Gasteiger partial charge in [-0.1, -0.05) is 19.3 Å². The topological polar surface area (TPSA) is 64.7 Å². The molecule has 0 unspecified atom stereocenters. The van der Waals surface area contributed by atoms with Gasteiger partial charge in [0, 0.05) is 51.7 Å². The van der Waals surface area contributed by atoms with Gasteiger partial charge in [-0.3, -0.25) is 9.69 Å². The summed E-state index contributed by atoms with van der Waals surface area (Å²) >= 11 is 0. The summed E-state index contributed by atoms with van der Waals surface area (Å²) in [5.74, 6) is 1.14. The van der Waals surface area contributed by atoms with Crippen molar-refractivity contribution in [1.82, 2.24) is 20.4 Å². The molecule has 3 rings (SSSR count). The van der Waals surface area contributed by atoms with Gasteiger partial charge in [0.2, 0.25) is 5.91 Å². The lowest BCUT2D eigenvalue weighted by atomic mass is 9.85. The second kappa shape index (κ2) is 9.58. The van der Waals surface area contributed by atoms with Crippen LogP contribution in [0.4, 0.5) is 4.79 Å². The van der Waals surface area contributed by atoms with E-state index in [1.807, 2.05) is 4.90 Å². The van der Waals surface area contributed by atoms with Gasteiger partial charge in [0.25, 0.3) is 0 Å². The Hall–Kier alpha value is -1.30. The molecular weight excluding hydrogens is 328 g/mol. The minimum absolute atomic E-state index is 0.0886. The van der Waals surface area contributed by atoms with Gasteiger partial charge >= 0.3 is 6.03 Å². The summed E-state index contributed by atoms with van der Waals surface area (Å²) in [5, 5.41) is 5.94. The summed E-state index contributed by atoms with van der Waals surface area (Å²) in [5.41, 5.74) is 0. The van der Waals surface area contributed by atoms with Gasteiger partial charge < -0.3 is 15.5 Å². The maximum Gasteiger partial charge on any atom is 0.317 e. The van der Waals surface area contributed by atoms with Crippen molar-refractivity contribution in [3.63, 3.8) is 0 Å². The van der Waals surface area contributed by atoms with Crippen LogP contribution in [0.3, 0.4) is 0 Å². The first-order chi connectivity index (χ1) is 12.7. The molecule has 3 fully saturated rings. The van der Waals surface area contributed by atoms with E-state index in [1.54, 1.807) is 7.05 Å². The van der Waals surface area contributed by atoms with E-state index in [-0.39, 0.29) is 23.9 Å². The largest absolute Gasteiger partial charge is 0.359 e. The van der Waals surface area contributed by atoms with E-state index in [2.05, 4.69) is 15.5 Å². The lowest BCUT2D eigenvalue weighted by molar-refractivity contribution is -0.125. The molecule has 1 saturated heterocycles. The average Bonchev–Trinajstić information content (AvgIpc) is 2.69. The van der Waals surface area contributed by atoms with Crippen LogP contribution in [-0.4, -0.2) is 67.6 Å². The van der Waals surface area contributed by atoms with Crippen LogP contribution in [-0.2, 0) is 4.79 Å². The first-order valence-electron chi connectivity index (χ1n) is 10.6. The minimum Gasteiger partial charge on any atom is -0.359 e. The summed E-state index contributed by atoms with van der Waals surface area (Å²) in [6.07, 6.45) is 10.6. The minimum atomic E-state index is 0.0886. The van der Waals surface area contributed by atoms with Crippen molar-refractivity contribution >= 4 is 11.9 Å². The molecule has 0 aromatic carbocycles. The molecule has 6 nitrogen and oxygen atoms in total.